The summed E-state index contributed by atoms with van der Waals surface area (Å²) in [6.45, 7) is 0.744. The number of anilines is 1. The third-order valence-electron chi connectivity index (χ3n) is 4.23. The van der Waals surface area contributed by atoms with Gasteiger partial charge >= 0.3 is 0 Å². The maximum Gasteiger partial charge on any atom is 0.255 e. The summed E-state index contributed by atoms with van der Waals surface area (Å²) in [5, 5.41) is 2.67. The molecule has 1 heterocycles. The maximum absolute atomic E-state index is 14.2. The zero-order valence-electron chi connectivity index (χ0n) is 13.9. The van der Waals surface area contributed by atoms with Crippen LogP contribution < -0.4 is 5.32 Å². The lowest BCUT2D eigenvalue weighted by Gasteiger charge is -2.26. The van der Waals surface area contributed by atoms with Gasteiger partial charge in [-0.2, -0.15) is 4.31 Å². The van der Waals surface area contributed by atoms with Crippen molar-refractivity contribution >= 4 is 37.5 Å². The highest BCUT2D eigenvalue weighted by atomic mass is 79.9. The molecule has 2 aromatic rings. The molecule has 0 spiro atoms. The molecule has 1 N–H and O–H groups in total. The number of carbonyl (C=O) groups is 1. The standard InChI is InChI=1S/C18H18BrFN2O3S/c19-14-5-7-15(8-6-14)21-18(23)13-4-9-16(20)17(12-13)26(24,25)22-10-2-1-3-11-22/h4-9,12H,1-3,10-11H2,(H,21,23). The van der Waals surface area contributed by atoms with E-state index in [0.717, 1.165) is 35.9 Å². The molecule has 0 aliphatic carbocycles. The normalized spacial score (nSPS) is 15.6. The number of piperidine rings is 1. The van der Waals surface area contributed by atoms with Crippen LogP contribution in [0.2, 0.25) is 0 Å². The number of amides is 1. The van der Waals surface area contributed by atoms with E-state index in [9.17, 15) is 17.6 Å². The highest BCUT2D eigenvalue weighted by molar-refractivity contribution is 9.10. The van der Waals surface area contributed by atoms with E-state index in [2.05, 4.69) is 21.2 Å². The Morgan fingerprint density at radius 3 is 2.35 bits per heavy atom. The number of benzene rings is 2. The summed E-state index contributed by atoms with van der Waals surface area (Å²) in [7, 11) is -3.96. The minimum absolute atomic E-state index is 0.0879. The van der Waals surface area contributed by atoms with E-state index < -0.39 is 26.6 Å². The predicted molar refractivity (Wildman–Crippen MR) is 101 cm³/mol. The molecule has 0 atom stereocenters. The maximum atomic E-state index is 14.2. The van der Waals surface area contributed by atoms with Crippen molar-refractivity contribution in [2.45, 2.75) is 24.2 Å². The molecule has 0 bridgehead atoms. The molecule has 0 aromatic heterocycles. The van der Waals surface area contributed by atoms with Gasteiger partial charge in [-0.25, -0.2) is 12.8 Å². The molecule has 1 saturated heterocycles. The van der Waals surface area contributed by atoms with Crippen molar-refractivity contribution in [3.8, 4) is 0 Å². The van der Waals surface area contributed by atoms with Gasteiger partial charge in [0.2, 0.25) is 10.0 Å². The number of carbonyl (C=O) groups excluding carboxylic acids is 1. The fraction of sp³-hybridized carbons (Fsp3) is 0.278. The summed E-state index contributed by atoms with van der Waals surface area (Å²) in [5.41, 5.74) is 0.646. The second-order valence-electron chi connectivity index (χ2n) is 6.07. The first kappa shape index (κ1) is 19.0. The van der Waals surface area contributed by atoms with Gasteiger partial charge in [-0.1, -0.05) is 22.4 Å². The smallest absolute Gasteiger partial charge is 0.255 e. The molecule has 5 nitrogen and oxygen atoms in total. The summed E-state index contributed by atoms with van der Waals surface area (Å²) in [5.74, 6) is -1.35. The fourth-order valence-electron chi connectivity index (χ4n) is 2.82. The molecule has 0 radical (unpaired) electrons. The molecule has 3 rings (SSSR count). The van der Waals surface area contributed by atoms with Crippen molar-refractivity contribution in [3.63, 3.8) is 0 Å². The fourth-order valence-corrected chi connectivity index (χ4v) is 4.69. The Hall–Kier alpha value is -1.77. The van der Waals surface area contributed by atoms with E-state index >= 15 is 0 Å². The zero-order valence-corrected chi connectivity index (χ0v) is 16.3. The number of sulfonamides is 1. The van der Waals surface area contributed by atoms with Gasteiger partial charge in [-0.3, -0.25) is 4.79 Å². The predicted octanol–water partition coefficient (Wildman–Crippen LogP) is 4.02. The van der Waals surface area contributed by atoms with Crippen molar-refractivity contribution in [2.24, 2.45) is 0 Å². The lowest BCUT2D eigenvalue weighted by Crippen LogP contribution is -2.36. The van der Waals surface area contributed by atoms with Crippen LogP contribution >= 0.6 is 15.9 Å². The van der Waals surface area contributed by atoms with Crippen molar-refractivity contribution in [1.29, 1.82) is 0 Å². The third kappa shape index (κ3) is 4.13. The largest absolute Gasteiger partial charge is 0.322 e. The number of hydrogen-bond acceptors (Lipinski definition) is 3. The van der Waals surface area contributed by atoms with Gasteiger partial charge in [-0.05, 0) is 55.3 Å². The van der Waals surface area contributed by atoms with Gasteiger partial charge in [0.1, 0.15) is 10.7 Å². The zero-order chi connectivity index (χ0) is 18.7. The summed E-state index contributed by atoms with van der Waals surface area (Å²) in [4.78, 5) is 12.0. The Labute approximate surface area is 160 Å². The molecule has 8 heteroatoms. The Bertz CT molecular complexity index is 911. The Balaban J connectivity index is 1.87. The Morgan fingerprint density at radius 2 is 1.69 bits per heavy atom. The second kappa shape index (κ2) is 7.85. The van der Waals surface area contributed by atoms with Crippen molar-refractivity contribution in [3.05, 3.63) is 58.3 Å². The van der Waals surface area contributed by atoms with E-state index in [-0.39, 0.29) is 5.56 Å². The topological polar surface area (TPSA) is 66.5 Å². The minimum Gasteiger partial charge on any atom is -0.322 e. The van der Waals surface area contributed by atoms with Gasteiger partial charge in [0.15, 0.2) is 0 Å². The van der Waals surface area contributed by atoms with Crippen LogP contribution in [0.5, 0.6) is 0 Å². The minimum atomic E-state index is -3.96. The van der Waals surface area contributed by atoms with Crippen molar-refractivity contribution in [2.75, 3.05) is 18.4 Å². The molecule has 1 fully saturated rings. The quantitative estimate of drug-likeness (QED) is 0.780. The first-order chi connectivity index (χ1) is 12.4. The van der Waals surface area contributed by atoms with Crippen molar-refractivity contribution in [1.82, 2.24) is 4.31 Å². The summed E-state index contributed by atoms with van der Waals surface area (Å²) >= 11 is 3.31. The number of hydrogen-bond donors (Lipinski definition) is 1. The van der Waals surface area contributed by atoms with Gasteiger partial charge in [0.25, 0.3) is 5.91 Å². The average molecular weight is 441 g/mol. The molecular weight excluding hydrogens is 423 g/mol. The highest BCUT2D eigenvalue weighted by Crippen LogP contribution is 2.24. The van der Waals surface area contributed by atoms with Gasteiger partial charge in [0.05, 0.1) is 0 Å². The number of nitrogens with one attached hydrogen (secondary N) is 1. The second-order valence-corrected chi connectivity index (χ2v) is 8.89. The van der Waals surface area contributed by atoms with E-state index in [1.165, 1.54) is 10.4 Å². The van der Waals surface area contributed by atoms with E-state index in [4.69, 9.17) is 0 Å². The van der Waals surface area contributed by atoms with Crippen LogP contribution in [-0.2, 0) is 10.0 Å². The van der Waals surface area contributed by atoms with Crippen molar-refractivity contribution < 1.29 is 17.6 Å². The van der Waals surface area contributed by atoms with Gasteiger partial charge in [0, 0.05) is 28.8 Å². The first-order valence-electron chi connectivity index (χ1n) is 8.24. The van der Waals surface area contributed by atoms with Gasteiger partial charge in [-0.15, -0.1) is 0 Å². The number of rotatable bonds is 4. The summed E-state index contributed by atoms with van der Waals surface area (Å²) in [6.07, 6.45) is 2.47. The number of nitrogens with zero attached hydrogens (tertiary/aromatic N) is 1. The molecule has 138 valence electrons. The third-order valence-corrected chi connectivity index (χ3v) is 6.67. The highest BCUT2D eigenvalue weighted by Gasteiger charge is 2.29. The summed E-state index contributed by atoms with van der Waals surface area (Å²) < 4.78 is 41.8. The van der Waals surface area contributed by atoms with Crippen LogP contribution in [0.15, 0.2) is 51.8 Å². The SMILES string of the molecule is O=C(Nc1ccc(Br)cc1)c1ccc(F)c(S(=O)(=O)N2CCCCC2)c1. The van der Waals surface area contributed by atoms with E-state index in [1.54, 1.807) is 24.3 Å². The molecule has 1 aliphatic heterocycles. The van der Waals surface area contributed by atoms with Crippen LogP contribution in [0, 0.1) is 5.82 Å². The van der Waals surface area contributed by atoms with Crippen LogP contribution in [-0.4, -0.2) is 31.7 Å². The molecule has 0 unspecified atom stereocenters. The molecule has 0 saturated carbocycles. The lowest BCUT2D eigenvalue weighted by molar-refractivity contribution is 0.102. The monoisotopic (exact) mass is 440 g/mol. The number of halogens is 2. The van der Waals surface area contributed by atoms with Crippen LogP contribution in [0.3, 0.4) is 0 Å². The van der Waals surface area contributed by atoms with Crippen LogP contribution in [0.1, 0.15) is 29.6 Å². The molecule has 2 aromatic carbocycles. The van der Waals surface area contributed by atoms with Crippen LogP contribution in [0.4, 0.5) is 10.1 Å². The average Bonchev–Trinajstić information content (AvgIpc) is 2.64. The van der Waals surface area contributed by atoms with Gasteiger partial charge < -0.3 is 5.32 Å². The lowest BCUT2D eigenvalue weighted by atomic mass is 10.2. The Kier molecular flexibility index (Phi) is 5.74. The molecular formula is C18H18BrFN2O3S. The molecule has 1 aliphatic rings. The van der Waals surface area contributed by atoms with E-state index in [0.29, 0.717) is 18.8 Å². The summed E-state index contributed by atoms with van der Waals surface area (Å²) in [6, 6.07) is 10.4. The van der Waals surface area contributed by atoms with Crippen LogP contribution in [0.25, 0.3) is 0 Å². The Morgan fingerprint density at radius 1 is 1.04 bits per heavy atom. The van der Waals surface area contributed by atoms with E-state index in [1.807, 2.05) is 0 Å². The molecule has 1 amide bonds. The first-order valence-corrected chi connectivity index (χ1v) is 10.5. The molecule has 26 heavy (non-hydrogen) atoms.